The summed E-state index contributed by atoms with van der Waals surface area (Å²) in [6.07, 6.45) is 0.950. The van der Waals surface area contributed by atoms with Crippen LogP contribution in [0.25, 0.3) is 0 Å². The summed E-state index contributed by atoms with van der Waals surface area (Å²) in [5.74, 6) is 0.208. The van der Waals surface area contributed by atoms with Gasteiger partial charge in [0.2, 0.25) is 0 Å². The zero-order chi connectivity index (χ0) is 11.1. The molecule has 0 aliphatic heterocycles. The zero-order valence-corrected chi connectivity index (χ0v) is 8.90. The maximum atomic E-state index is 8.32. The topological polar surface area (TPSA) is 70.6 Å². The molecule has 1 aromatic carbocycles. The van der Waals surface area contributed by atoms with Gasteiger partial charge in [-0.3, -0.25) is 0 Å². The average molecular weight is 207 g/mol. The van der Waals surface area contributed by atoms with Gasteiger partial charge >= 0.3 is 0 Å². The van der Waals surface area contributed by atoms with Crippen LogP contribution in [0.5, 0.6) is 0 Å². The van der Waals surface area contributed by atoms with E-state index in [9.17, 15) is 0 Å². The van der Waals surface area contributed by atoms with E-state index in [1.165, 1.54) is 11.1 Å². The summed E-state index contributed by atoms with van der Waals surface area (Å²) in [6.45, 7) is 3.34. The van der Waals surface area contributed by atoms with Gasteiger partial charge in [0.05, 0.1) is 6.54 Å². The fraction of sp³-hybridized carbons (Fsp3) is 0.364. The molecule has 1 rings (SSSR count). The van der Waals surface area contributed by atoms with Crippen LogP contribution >= 0.6 is 0 Å². The highest BCUT2D eigenvalue weighted by atomic mass is 16.4. The second-order valence-electron chi connectivity index (χ2n) is 3.44. The van der Waals surface area contributed by atoms with Crippen LogP contribution in [0, 0.1) is 6.92 Å². The van der Waals surface area contributed by atoms with E-state index in [1.807, 2.05) is 12.1 Å². The van der Waals surface area contributed by atoms with Crippen molar-refractivity contribution in [2.75, 3.05) is 13.1 Å². The molecule has 0 atom stereocenters. The van der Waals surface area contributed by atoms with E-state index in [4.69, 9.17) is 10.9 Å². The van der Waals surface area contributed by atoms with E-state index in [0.29, 0.717) is 6.54 Å². The smallest absolute Gasteiger partial charge is 0.153 e. The van der Waals surface area contributed by atoms with Crippen LogP contribution in [-0.2, 0) is 6.42 Å². The van der Waals surface area contributed by atoms with Crippen LogP contribution in [0.1, 0.15) is 11.1 Å². The lowest BCUT2D eigenvalue weighted by atomic mass is 10.1. The molecule has 4 heteroatoms. The van der Waals surface area contributed by atoms with Gasteiger partial charge in [-0.2, -0.15) is 0 Å². The number of hydrogen-bond donors (Lipinski definition) is 3. The second kappa shape index (κ2) is 6.03. The molecular weight excluding hydrogens is 190 g/mol. The largest absolute Gasteiger partial charge is 0.409 e. The van der Waals surface area contributed by atoms with Gasteiger partial charge in [-0.15, -0.1) is 0 Å². The Hall–Kier alpha value is -1.55. The maximum Gasteiger partial charge on any atom is 0.153 e. The minimum absolute atomic E-state index is 0.208. The standard InChI is InChI=1S/C11H17N3O/c1-9-4-2-3-5-10(9)6-7-13-8-11(12)14-15/h2-5,13,15H,6-8H2,1H3,(H2,12,14). The normalized spacial score (nSPS) is 11.7. The SMILES string of the molecule is Cc1ccccc1CCNCC(N)=NO. The molecule has 0 unspecified atom stereocenters. The molecular formula is C11H17N3O. The predicted octanol–water partition coefficient (Wildman–Crippen LogP) is 0.874. The predicted molar refractivity (Wildman–Crippen MR) is 61.2 cm³/mol. The van der Waals surface area contributed by atoms with Gasteiger partial charge in [-0.05, 0) is 31.0 Å². The van der Waals surface area contributed by atoms with Gasteiger partial charge in [-0.25, -0.2) is 0 Å². The summed E-state index contributed by atoms with van der Waals surface area (Å²) in [5.41, 5.74) is 7.94. The summed E-state index contributed by atoms with van der Waals surface area (Å²) in [6, 6.07) is 8.27. The molecule has 0 heterocycles. The van der Waals surface area contributed by atoms with Crippen molar-refractivity contribution >= 4 is 5.84 Å². The lowest BCUT2D eigenvalue weighted by Gasteiger charge is -2.06. The third kappa shape index (κ3) is 3.99. The Morgan fingerprint density at radius 3 is 2.87 bits per heavy atom. The van der Waals surface area contributed by atoms with Gasteiger partial charge in [0.1, 0.15) is 0 Å². The highest BCUT2D eigenvalue weighted by molar-refractivity contribution is 5.81. The minimum atomic E-state index is 0.208. The third-order valence-electron chi connectivity index (χ3n) is 2.27. The molecule has 15 heavy (non-hydrogen) atoms. The molecule has 0 aromatic heterocycles. The molecule has 0 saturated heterocycles. The van der Waals surface area contributed by atoms with Crippen molar-refractivity contribution in [3.8, 4) is 0 Å². The van der Waals surface area contributed by atoms with Crippen LogP contribution in [0.3, 0.4) is 0 Å². The Kier molecular flexibility index (Phi) is 4.63. The minimum Gasteiger partial charge on any atom is -0.409 e. The first-order chi connectivity index (χ1) is 7.24. The molecule has 0 aliphatic carbocycles. The first-order valence-corrected chi connectivity index (χ1v) is 4.95. The number of hydrogen-bond acceptors (Lipinski definition) is 3. The van der Waals surface area contributed by atoms with Gasteiger partial charge in [0.25, 0.3) is 0 Å². The first-order valence-electron chi connectivity index (χ1n) is 4.95. The van der Waals surface area contributed by atoms with Crippen molar-refractivity contribution in [1.29, 1.82) is 0 Å². The van der Waals surface area contributed by atoms with Crippen molar-refractivity contribution in [2.45, 2.75) is 13.3 Å². The first kappa shape index (κ1) is 11.5. The van der Waals surface area contributed by atoms with E-state index in [1.54, 1.807) is 0 Å². The Balaban J connectivity index is 2.29. The Bertz CT molecular complexity index is 336. The molecule has 1 aromatic rings. The number of amidine groups is 1. The van der Waals surface area contributed by atoms with Crippen LogP contribution in [0.2, 0.25) is 0 Å². The Morgan fingerprint density at radius 2 is 2.20 bits per heavy atom. The van der Waals surface area contributed by atoms with Crippen molar-refractivity contribution < 1.29 is 5.21 Å². The van der Waals surface area contributed by atoms with Crippen LogP contribution < -0.4 is 11.1 Å². The van der Waals surface area contributed by atoms with E-state index in [2.05, 4.69) is 29.5 Å². The Morgan fingerprint density at radius 1 is 1.47 bits per heavy atom. The lowest BCUT2D eigenvalue weighted by Crippen LogP contribution is -2.30. The summed E-state index contributed by atoms with van der Waals surface area (Å²) in [7, 11) is 0. The number of nitrogens with zero attached hydrogens (tertiary/aromatic N) is 1. The molecule has 0 amide bonds. The fourth-order valence-electron chi connectivity index (χ4n) is 1.37. The summed E-state index contributed by atoms with van der Waals surface area (Å²) < 4.78 is 0. The molecule has 4 nitrogen and oxygen atoms in total. The molecule has 4 N–H and O–H groups in total. The highest BCUT2D eigenvalue weighted by Gasteiger charge is 1.97. The Labute approximate surface area is 89.8 Å². The van der Waals surface area contributed by atoms with Crippen molar-refractivity contribution in [2.24, 2.45) is 10.9 Å². The van der Waals surface area contributed by atoms with E-state index in [0.717, 1.165) is 13.0 Å². The third-order valence-corrected chi connectivity index (χ3v) is 2.27. The number of oxime groups is 1. The van der Waals surface area contributed by atoms with E-state index >= 15 is 0 Å². The average Bonchev–Trinajstić information content (AvgIpc) is 2.26. The van der Waals surface area contributed by atoms with Crippen molar-refractivity contribution in [3.63, 3.8) is 0 Å². The molecule has 0 spiro atoms. The van der Waals surface area contributed by atoms with Gasteiger partial charge in [0.15, 0.2) is 5.84 Å². The van der Waals surface area contributed by atoms with Crippen LogP contribution in [-0.4, -0.2) is 24.1 Å². The maximum absolute atomic E-state index is 8.32. The zero-order valence-electron chi connectivity index (χ0n) is 8.90. The monoisotopic (exact) mass is 207 g/mol. The van der Waals surface area contributed by atoms with Crippen LogP contribution in [0.15, 0.2) is 29.4 Å². The van der Waals surface area contributed by atoms with Crippen molar-refractivity contribution in [3.05, 3.63) is 35.4 Å². The summed E-state index contributed by atoms with van der Waals surface area (Å²) >= 11 is 0. The highest BCUT2D eigenvalue weighted by Crippen LogP contribution is 2.06. The van der Waals surface area contributed by atoms with E-state index in [-0.39, 0.29) is 5.84 Å². The molecule has 0 aliphatic rings. The molecule has 0 bridgehead atoms. The number of rotatable bonds is 5. The molecule has 82 valence electrons. The summed E-state index contributed by atoms with van der Waals surface area (Å²) in [5, 5.41) is 14.3. The fourth-order valence-corrected chi connectivity index (χ4v) is 1.37. The quantitative estimate of drug-likeness (QED) is 0.221. The number of benzene rings is 1. The molecule has 0 fully saturated rings. The van der Waals surface area contributed by atoms with Gasteiger partial charge < -0.3 is 16.3 Å². The molecule has 0 radical (unpaired) electrons. The number of aryl methyl sites for hydroxylation is 1. The second-order valence-corrected chi connectivity index (χ2v) is 3.44. The number of nitrogens with two attached hydrogens (primary N) is 1. The van der Waals surface area contributed by atoms with Crippen molar-refractivity contribution in [1.82, 2.24) is 5.32 Å². The van der Waals surface area contributed by atoms with Crippen LogP contribution in [0.4, 0.5) is 0 Å². The van der Waals surface area contributed by atoms with Gasteiger partial charge in [-0.1, -0.05) is 29.4 Å². The van der Waals surface area contributed by atoms with E-state index < -0.39 is 0 Å². The molecule has 0 saturated carbocycles. The lowest BCUT2D eigenvalue weighted by molar-refractivity contribution is 0.317. The number of nitrogens with one attached hydrogen (secondary N) is 1. The summed E-state index contributed by atoms with van der Waals surface area (Å²) in [4.78, 5) is 0. The van der Waals surface area contributed by atoms with Gasteiger partial charge in [0, 0.05) is 0 Å².